The third-order valence-corrected chi connectivity index (χ3v) is 4.11. The number of nitrogens with zero attached hydrogens (tertiary/aromatic N) is 3. The maximum absolute atomic E-state index is 4.44. The molecule has 4 heteroatoms. The maximum Gasteiger partial charge on any atom is 0.138 e. The lowest BCUT2D eigenvalue weighted by Gasteiger charge is -2.17. The fourth-order valence-corrected chi connectivity index (χ4v) is 2.75. The van der Waals surface area contributed by atoms with E-state index in [1.807, 2.05) is 4.68 Å². The van der Waals surface area contributed by atoms with Crippen molar-refractivity contribution in [1.82, 2.24) is 20.1 Å². The van der Waals surface area contributed by atoms with E-state index >= 15 is 0 Å². The third kappa shape index (κ3) is 4.14. The van der Waals surface area contributed by atoms with Crippen LogP contribution in [0.2, 0.25) is 0 Å². The first-order valence-corrected chi connectivity index (χ1v) is 7.99. The van der Waals surface area contributed by atoms with Gasteiger partial charge in [-0.3, -0.25) is 4.68 Å². The van der Waals surface area contributed by atoms with E-state index in [2.05, 4.69) is 52.7 Å². The van der Waals surface area contributed by atoms with E-state index in [1.165, 1.54) is 18.4 Å². The summed E-state index contributed by atoms with van der Waals surface area (Å²) in [4.78, 5) is 4.44. The molecule has 1 aliphatic rings. The average Bonchev–Trinajstić information content (AvgIpc) is 3.24. The van der Waals surface area contributed by atoms with Crippen molar-refractivity contribution in [2.75, 3.05) is 6.54 Å². The van der Waals surface area contributed by atoms with Gasteiger partial charge >= 0.3 is 0 Å². The number of hydrogen-bond donors (Lipinski definition) is 1. The molecule has 0 saturated heterocycles. The standard InChI is InChI=1S/C17H24N4/c1-2-21-17(19-13-20-21)11-15(12-18-16-8-9-16)10-14-6-4-3-5-7-14/h3-7,13,15-16,18H,2,8-12H2,1H3. The average molecular weight is 284 g/mol. The number of aryl methyl sites for hydroxylation is 1. The quantitative estimate of drug-likeness (QED) is 0.809. The molecule has 1 fully saturated rings. The highest BCUT2D eigenvalue weighted by Gasteiger charge is 2.22. The Morgan fingerprint density at radius 3 is 2.76 bits per heavy atom. The van der Waals surface area contributed by atoms with E-state index in [0.29, 0.717) is 5.92 Å². The van der Waals surface area contributed by atoms with Gasteiger partial charge in [-0.2, -0.15) is 5.10 Å². The number of aromatic nitrogens is 3. The maximum atomic E-state index is 4.44. The van der Waals surface area contributed by atoms with Crippen LogP contribution in [-0.4, -0.2) is 27.4 Å². The lowest BCUT2D eigenvalue weighted by molar-refractivity contribution is 0.446. The van der Waals surface area contributed by atoms with E-state index in [-0.39, 0.29) is 0 Å². The van der Waals surface area contributed by atoms with Crippen LogP contribution in [0.1, 0.15) is 31.2 Å². The Hall–Kier alpha value is -1.68. The van der Waals surface area contributed by atoms with Gasteiger partial charge in [0, 0.05) is 19.0 Å². The van der Waals surface area contributed by atoms with Gasteiger partial charge in [-0.15, -0.1) is 0 Å². The van der Waals surface area contributed by atoms with Crippen molar-refractivity contribution in [1.29, 1.82) is 0 Å². The van der Waals surface area contributed by atoms with Crippen molar-refractivity contribution in [2.45, 2.75) is 45.2 Å². The molecule has 0 amide bonds. The Balaban J connectivity index is 1.65. The molecule has 1 unspecified atom stereocenters. The summed E-state index contributed by atoms with van der Waals surface area (Å²) in [7, 11) is 0. The molecule has 2 aromatic rings. The fraction of sp³-hybridized carbons (Fsp3) is 0.529. The van der Waals surface area contributed by atoms with Crippen LogP contribution >= 0.6 is 0 Å². The second-order valence-electron chi connectivity index (χ2n) is 5.93. The van der Waals surface area contributed by atoms with Crippen molar-refractivity contribution in [2.24, 2.45) is 5.92 Å². The minimum Gasteiger partial charge on any atom is -0.314 e. The zero-order valence-electron chi connectivity index (χ0n) is 12.7. The monoisotopic (exact) mass is 284 g/mol. The van der Waals surface area contributed by atoms with Crippen LogP contribution in [0.4, 0.5) is 0 Å². The largest absolute Gasteiger partial charge is 0.314 e. The molecule has 0 spiro atoms. The van der Waals surface area contributed by atoms with Gasteiger partial charge < -0.3 is 5.32 Å². The molecule has 1 aliphatic carbocycles. The molecule has 1 saturated carbocycles. The summed E-state index contributed by atoms with van der Waals surface area (Å²) < 4.78 is 2.01. The predicted molar refractivity (Wildman–Crippen MR) is 84.1 cm³/mol. The van der Waals surface area contributed by atoms with Gasteiger partial charge in [-0.05, 0) is 44.2 Å². The number of nitrogens with one attached hydrogen (secondary N) is 1. The third-order valence-electron chi connectivity index (χ3n) is 4.11. The van der Waals surface area contributed by atoms with Crippen LogP contribution < -0.4 is 5.32 Å². The summed E-state index contributed by atoms with van der Waals surface area (Å²) in [6, 6.07) is 11.5. The van der Waals surface area contributed by atoms with E-state index in [1.54, 1.807) is 6.33 Å². The number of rotatable bonds is 8. The molecular formula is C17H24N4. The van der Waals surface area contributed by atoms with Crippen LogP contribution in [-0.2, 0) is 19.4 Å². The Morgan fingerprint density at radius 2 is 2.05 bits per heavy atom. The molecule has 1 atom stereocenters. The molecule has 3 rings (SSSR count). The SMILES string of the molecule is CCn1ncnc1CC(CNC1CC1)Cc1ccccc1. The van der Waals surface area contributed by atoms with Gasteiger partial charge in [0.15, 0.2) is 0 Å². The van der Waals surface area contributed by atoms with Crippen molar-refractivity contribution in [3.8, 4) is 0 Å². The summed E-state index contributed by atoms with van der Waals surface area (Å²) in [6.45, 7) is 4.08. The summed E-state index contributed by atoms with van der Waals surface area (Å²) in [5.74, 6) is 1.68. The van der Waals surface area contributed by atoms with E-state index in [0.717, 1.165) is 37.8 Å². The van der Waals surface area contributed by atoms with Crippen LogP contribution in [0.25, 0.3) is 0 Å². The molecular weight excluding hydrogens is 260 g/mol. The Bertz CT molecular complexity index is 545. The Morgan fingerprint density at radius 1 is 1.24 bits per heavy atom. The molecule has 1 aromatic heterocycles. The van der Waals surface area contributed by atoms with Crippen LogP contribution in [0.5, 0.6) is 0 Å². The van der Waals surface area contributed by atoms with Gasteiger partial charge in [-0.1, -0.05) is 30.3 Å². The minimum absolute atomic E-state index is 0.572. The lowest BCUT2D eigenvalue weighted by atomic mass is 9.95. The topological polar surface area (TPSA) is 42.7 Å². The zero-order chi connectivity index (χ0) is 14.5. The van der Waals surface area contributed by atoms with Crippen molar-refractivity contribution >= 4 is 0 Å². The molecule has 1 N–H and O–H groups in total. The van der Waals surface area contributed by atoms with E-state index < -0.39 is 0 Å². The molecule has 0 radical (unpaired) electrons. The number of benzene rings is 1. The van der Waals surface area contributed by atoms with Crippen molar-refractivity contribution in [3.63, 3.8) is 0 Å². The second-order valence-corrected chi connectivity index (χ2v) is 5.93. The predicted octanol–water partition coefficient (Wildman–Crippen LogP) is 2.45. The van der Waals surface area contributed by atoms with Gasteiger partial charge in [0.25, 0.3) is 0 Å². The highest BCUT2D eigenvalue weighted by Crippen LogP contribution is 2.20. The normalized spacial score (nSPS) is 16.0. The molecule has 0 bridgehead atoms. The first kappa shape index (κ1) is 14.3. The van der Waals surface area contributed by atoms with Crippen molar-refractivity contribution in [3.05, 3.63) is 48.0 Å². The van der Waals surface area contributed by atoms with E-state index in [4.69, 9.17) is 0 Å². The van der Waals surface area contributed by atoms with Crippen LogP contribution in [0.3, 0.4) is 0 Å². The fourth-order valence-electron chi connectivity index (χ4n) is 2.75. The lowest BCUT2D eigenvalue weighted by Crippen LogP contribution is -2.28. The molecule has 4 nitrogen and oxygen atoms in total. The minimum atomic E-state index is 0.572. The van der Waals surface area contributed by atoms with Gasteiger partial charge in [-0.25, -0.2) is 4.98 Å². The van der Waals surface area contributed by atoms with Gasteiger partial charge in [0.05, 0.1) is 0 Å². The number of hydrogen-bond acceptors (Lipinski definition) is 3. The van der Waals surface area contributed by atoms with E-state index in [9.17, 15) is 0 Å². The first-order valence-electron chi connectivity index (χ1n) is 7.99. The summed E-state index contributed by atoms with van der Waals surface area (Å²) in [5.41, 5.74) is 1.41. The molecule has 0 aliphatic heterocycles. The summed E-state index contributed by atoms with van der Waals surface area (Å²) in [5, 5.41) is 7.96. The highest BCUT2D eigenvalue weighted by atomic mass is 15.3. The van der Waals surface area contributed by atoms with Crippen LogP contribution in [0.15, 0.2) is 36.7 Å². The zero-order valence-corrected chi connectivity index (χ0v) is 12.7. The second kappa shape index (κ2) is 6.85. The smallest absolute Gasteiger partial charge is 0.138 e. The first-order chi connectivity index (χ1) is 10.3. The van der Waals surface area contributed by atoms with Gasteiger partial charge in [0.2, 0.25) is 0 Å². The molecule has 1 aromatic carbocycles. The highest BCUT2D eigenvalue weighted by molar-refractivity contribution is 5.15. The Labute approximate surface area is 126 Å². The molecule has 21 heavy (non-hydrogen) atoms. The van der Waals surface area contributed by atoms with Crippen LogP contribution in [0, 0.1) is 5.92 Å². The molecule has 112 valence electrons. The summed E-state index contributed by atoms with van der Waals surface area (Å²) >= 11 is 0. The van der Waals surface area contributed by atoms with Crippen molar-refractivity contribution < 1.29 is 0 Å². The van der Waals surface area contributed by atoms with Gasteiger partial charge in [0.1, 0.15) is 12.2 Å². The molecule has 1 heterocycles. The summed E-state index contributed by atoms with van der Waals surface area (Å²) in [6.07, 6.45) is 6.43. The Kier molecular flexibility index (Phi) is 4.65.